The van der Waals surface area contributed by atoms with Gasteiger partial charge in [0.25, 0.3) is 0 Å². The van der Waals surface area contributed by atoms with Crippen LogP contribution < -0.4 is 5.73 Å². The summed E-state index contributed by atoms with van der Waals surface area (Å²) in [5, 5.41) is 0. The number of amides is 1. The van der Waals surface area contributed by atoms with Crippen molar-refractivity contribution in [2.45, 2.75) is 51.2 Å². The van der Waals surface area contributed by atoms with Crippen LogP contribution in [0.1, 0.15) is 38.2 Å². The van der Waals surface area contributed by atoms with Gasteiger partial charge in [-0.2, -0.15) is 0 Å². The van der Waals surface area contributed by atoms with Gasteiger partial charge in [-0.3, -0.25) is 4.79 Å². The van der Waals surface area contributed by atoms with Gasteiger partial charge in [-0.15, -0.1) is 0 Å². The van der Waals surface area contributed by atoms with Crippen LogP contribution in [0.15, 0.2) is 18.2 Å². The van der Waals surface area contributed by atoms with E-state index in [2.05, 4.69) is 0 Å². The molecule has 1 aromatic carbocycles. The Kier molecular flexibility index (Phi) is 4.70. The predicted octanol–water partition coefficient (Wildman–Crippen LogP) is 2.58. The molecule has 1 atom stereocenters. The second kappa shape index (κ2) is 6.31. The third kappa shape index (κ3) is 3.54. The molecule has 20 heavy (non-hydrogen) atoms. The van der Waals surface area contributed by atoms with Crippen molar-refractivity contribution in [3.05, 3.63) is 35.4 Å². The molecule has 1 amide bonds. The van der Waals surface area contributed by atoms with Crippen LogP contribution in [0.25, 0.3) is 0 Å². The Hall–Kier alpha value is -1.49. The molecular weight excluding hydrogens is 262 g/mol. The van der Waals surface area contributed by atoms with E-state index in [1.54, 1.807) is 4.90 Å². The Morgan fingerprint density at radius 1 is 1.45 bits per heavy atom. The smallest absolute Gasteiger partial charge is 0.240 e. The molecule has 1 unspecified atom stereocenters. The summed E-state index contributed by atoms with van der Waals surface area (Å²) in [7, 11) is 0. The minimum Gasteiger partial charge on any atom is -0.334 e. The van der Waals surface area contributed by atoms with Crippen molar-refractivity contribution in [1.29, 1.82) is 0 Å². The molecule has 0 radical (unpaired) electrons. The van der Waals surface area contributed by atoms with Gasteiger partial charge in [0, 0.05) is 24.2 Å². The molecule has 2 N–H and O–H groups in total. The Balaban J connectivity index is 2.11. The van der Waals surface area contributed by atoms with Gasteiger partial charge in [0.1, 0.15) is 11.6 Å². The quantitative estimate of drug-likeness (QED) is 0.871. The molecule has 0 aromatic heterocycles. The van der Waals surface area contributed by atoms with Gasteiger partial charge in [0.05, 0.1) is 6.04 Å². The Morgan fingerprint density at radius 3 is 2.70 bits per heavy atom. The molecule has 0 heterocycles. The largest absolute Gasteiger partial charge is 0.334 e. The molecule has 0 saturated heterocycles. The Bertz CT molecular complexity index is 489. The zero-order valence-corrected chi connectivity index (χ0v) is 11.6. The highest BCUT2D eigenvalue weighted by molar-refractivity contribution is 5.82. The highest BCUT2D eigenvalue weighted by Crippen LogP contribution is 2.29. The first-order valence-electron chi connectivity index (χ1n) is 7.03. The number of halogens is 2. The van der Waals surface area contributed by atoms with Crippen LogP contribution in [0.4, 0.5) is 8.78 Å². The fourth-order valence-electron chi connectivity index (χ4n) is 2.25. The van der Waals surface area contributed by atoms with Crippen molar-refractivity contribution >= 4 is 5.91 Å². The Labute approximate surface area is 117 Å². The third-order valence-corrected chi connectivity index (χ3v) is 3.54. The van der Waals surface area contributed by atoms with Gasteiger partial charge in [-0.25, -0.2) is 8.78 Å². The summed E-state index contributed by atoms with van der Waals surface area (Å²) < 4.78 is 26.6. The molecule has 1 fully saturated rings. The van der Waals surface area contributed by atoms with Gasteiger partial charge in [-0.05, 0) is 25.3 Å². The fourth-order valence-corrected chi connectivity index (χ4v) is 2.25. The van der Waals surface area contributed by atoms with Gasteiger partial charge >= 0.3 is 0 Å². The van der Waals surface area contributed by atoms with Crippen molar-refractivity contribution in [3.8, 4) is 0 Å². The van der Waals surface area contributed by atoms with Crippen LogP contribution >= 0.6 is 0 Å². The molecular formula is C15H20F2N2O. The second-order valence-electron chi connectivity index (χ2n) is 5.33. The highest BCUT2D eigenvalue weighted by atomic mass is 19.1. The number of hydrogen-bond donors (Lipinski definition) is 1. The van der Waals surface area contributed by atoms with Crippen molar-refractivity contribution in [2.75, 3.05) is 0 Å². The lowest BCUT2D eigenvalue weighted by Gasteiger charge is -2.26. The molecule has 1 saturated carbocycles. The molecule has 5 heteroatoms. The van der Waals surface area contributed by atoms with E-state index in [4.69, 9.17) is 5.73 Å². The number of hydrogen-bond acceptors (Lipinski definition) is 2. The van der Waals surface area contributed by atoms with Gasteiger partial charge in [0.2, 0.25) is 5.91 Å². The topological polar surface area (TPSA) is 46.3 Å². The SMILES string of the molecule is CCCC(N)C(=O)N(Cc1ccc(F)cc1F)C1CC1. The minimum atomic E-state index is -0.618. The minimum absolute atomic E-state index is 0.141. The van der Waals surface area contributed by atoms with Crippen LogP contribution in [0.2, 0.25) is 0 Å². The summed E-state index contributed by atoms with van der Waals surface area (Å²) in [6.45, 7) is 2.13. The number of rotatable bonds is 6. The van der Waals surface area contributed by atoms with Crippen LogP contribution in [0, 0.1) is 11.6 Å². The Morgan fingerprint density at radius 2 is 2.15 bits per heavy atom. The van der Waals surface area contributed by atoms with E-state index in [0.717, 1.165) is 25.3 Å². The summed E-state index contributed by atoms with van der Waals surface area (Å²) in [6.07, 6.45) is 3.30. The summed E-state index contributed by atoms with van der Waals surface area (Å²) in [5.74, 6) is -1.37. The second-order valence-corrected chi connectivity index (χ2v) is 5.33. The van der Waals surface area contributed by atoms with E-state index < -0.39 is 17.7 Å². The highest BCUT2D eigenvalue weighted by Gasteiger charge is 2.34. The van der Waals surface area contributed by atoms with Crippen molar-refractivity contribution in [2.24, 2.45) is 5.73 Å². The first-order chi connectivity index (χ1) is 9.52. The zero-order valence-electron chi connectivity index (χ0n) is 11.6. The molecule has 2 rings (SSSR count). The average molecular weight is 282 g/mol. The van der Waals surface area contributed by atoms with Gasteiger partial charge in [0.15, 0.2) is 0 Å². The molecule has 0 spiro atoms. The molecule has 0 aliphatic heterocycles. The molecule has 3 nitrogen and oxygen atoms in total. The lowest BCUT2D eigenvalue weighted by molar-refractivity contribution is -0.134. The molecule has 1 aromatic rings. The lowest BCUT2D eigenvalue weighted by Crippen LogP contribution is -2.44. The van der Waals surface area contributed by atoms with E-state index >= 15 is 0 Å². The summed E-state index contributed by atoms with van der Waals surface area (Å²) in [4.78, 5) is 13.9. The standard InChI is InChI=1S/C15H20F2N2O/c1-2-3-14(18)15(20)19(12-6-7-12)9-10-4-5-11(16)8-13(10)17/h4-5,8,12,14H,2-3,6-7,9,18H2,1H3. The molecule has 1 aliphatic rings. The first kappa shape index (κ1) is 14.9. The van der Waals surface area contributed by atoms with E-state index in [-0.39, 0.29) is 18.5 Å². The monoisotopic (exact) mass is 282 g/mol. The van der Waals surface area contributed by atoms with Crippen LogP contribution in [0.5, 0.6) is 0 Å². The van der Waals surface area contributed by atoms with E-state index in [0.29, 0.717) is 12.0 Å². The normalized spacial score (nSPS) is 16.0. The maximum absolute atomic E-state index is 13.7. The van der Waals surface area contributed by atoms with E-state index in [9.17, 15) is 13.6 Å². The van der Waals surface area contributed by atoms with Crippen molar-refractivity contribution in [1.82, 2.24) is 4.90 Å². The number of nitrogens with zero attached hydrogens (tertiary/aromatic N) is 1. The van der Waals surface area contributed by atoms with Gasteiger partial charge in [-0.1, -0.05) is 19.4 Å². The fraction of sp³-hybridized carbons (Fsp3) is 0.533. The average Bonchev–Trinajstić information content (AvgIpc) is 3.22. The van der Waals surface area contributed by atoms with Crippen LogP contribution in [-0.2, 0) is 11.3 Å². The number of benzene rings is 1. The predicted molar refractivity (Wildman–Crippen MR) is 72.8 cm³/mol. The molecule has 110 valence electrons. The maximum atomic E-state index is 13.7. The van der Waals surface area contributed by atoms with Crippen LogP contribution in [0.3, 0.4) is 0 Å². The summed E-state index contributed by atoms with van der Waals surface area (Å²) in [6, 6.07) is 3.05. The zero-order chi connectivity index (χ0) is 14.7. The molecule has 0 bridgehead atoms. The van der Waals surface area contributed by atoms with Crippen molar-refractivity contribution < 1.29 is 13.6 Å². The number of carbonyl (C=O) groups excluding carboxylic acids is 1. The third-order valence-electron chi connectivity index (χ3n) is 3.54. The number of carbonyl (C=O) groups is 1. The van der Waals surface area contributed by atoms with Crippen LogP contribution in [-0.4, -0.2) is 22.9 Å². The van der Waals surface area contributed by atoms with E-state index in [1.807, 2.05) is 6.92 Å². The first-order valence-corrected chi connectivity index (χ1v) is 7.03. The number of nitrogens with two attached hydrogens (primary N) is 1. The lowest BCUT2D eigenvalue weighted by atomic mass is 10.1. The molecule has 1 aliphatic carbocycles. The van der Waals surface area contributed by atoms with Gasteiger partial charge < -0.3 is 10.6 Å². The summed E-state index contributed by atoms with van der Waals surface area (Å²) in [5.41, 5.74) is 6.19. The summed E-state index contributed by atoms with van der Waals surface area (Å²) >= 11 is 0. The van der Waals surface area contributed by atoms with Crippen molar-refractivity contribution in [3.63, 3.8) is 0 Å². The maximum Gasteiger partial charge on any atom is 0.240 e. The van der Waals surface area contributed by atoms with E-state index in [1.165, 1.54) is 12.1 Å².